The van der Waals surface area contributed by atoms with E-state index in [1.54, 1.807) is 0 Å². The van der Waals surface area contributed by atoms with E-state index in [0.29, 0.717) is 6.04 Å². The lowest BCUT2D eigenvalue weighted by molar-refractivity contribution is 0.0809. The lowest BCUT2D eigenvalue weighted by atomic mass is 9.84. The Bertz CT molecular complexity index is 263. The van der Waals surface area contributed by atoms with E-state index in [1.807, 2.05) is 0 Å². The van der Waals surface area contributed by atoms with Crippen molar-refractivity contribution in [1.82, 2.24) is 10.2 Å². The van der Waals surface area contributed by atoms with Gasteiger partial charge in [-0.1, -0.05) is 13.8 Å². The molecule has 0 radical (unpaired) electrons. The summed E-state index contributed by atoms with van der Waals surface area (Å²) in [6, 6.07) is 0.525. The molecule has 2 nitrogen and oxygen atoms in total. The van der Waals surface area contributed by atoms with Gasteiger partial charge in [-0.05, 0) is 58.7 Å². The zero-order valence-electron chi connectivity index (χ0n) is 12.5. The summed E-state index contributed by atoms with van der Waals surface area (Å²) in [6.45, 7) is 10.6. The molecule has 0 spiro atoms. The molecule has 1 aliphatic heterocycles. The van der Waals surface area contributed by atoms with Gasteiger partial charge in [0.1, 0.15) is 0 Å². The van der Waals surface area contributed by atoms with Gasteiger partial charge in [0.25, 0.3) is 0 Å². The minimum absolute atomic E-state index is 0.266. The molecule has 0 amide bonds. The number of nitrogens with one attached hydrogen (secondary N) is 1. The Morgan fingerprint density at radius 1 is 1.33 bits per heavy atom. The van der Waals surface area contributed by atoms with E-state index < -0.39 is 0 Å². The molecule has 0 aromatic heterocycles. The maximum absolute atomic E-state index is 5.45. The number of terminal acetylenes is 1. The second-order valence-corrected chi connectivity index (χ2v) is 5.65. The highest BCUT2D eigenvalue weighted by molar-refractivity contribution is 4.99. The quantitative estimate of drug-likeness (QED) is 0.666. The highest BCUT2D eigenvalue weighted by Gasteiger charge is 2.38. The highest BCUT2D eigenvalue weighted by atomic mass is 15.2. The van der Waals surface area contributed by atoms with Gasteiger partial charge >= 0.3 is 0 Å². The van der Waals surface area contributed by atoms with Crippen LogP contribution in [0.1, 0.15) is 59.3 Å². The van der Waals surface area contributed by atoms with E-state index in [0.717, 1.165) is 19.4 Å². The zero-order chi connectivity index (χ0) is 13.4. The molecule has 1 aliphatic rings. The third-order valence-corrected chi connectivity index (χ3v) is 4.51. The third kappa shape index (κ3) is 3.73. The SMILES string of the molecule is C#CCCC(NCCC)C(C)(CC)N1CCCC1. The Morgan fingerprint density at radius 2 is 2.00 bits per heavy atom. The summed E-state index contributed by atoms with van der Waals surface area (Å²) in [4.78, 5) is 2.68. The maximum Gasteiger partial charge on any atom is 0.0332 e. The summed E-state index contributed by atoms with van der Waals surface area (Å²) < 4.78 is 0. The summed E-state index contributed by atoms with van der Waals surface area (Å²) in [5.74, 6) is 2.80. The molecule has 2 heteroatoms. The summed E-state index contributed by atoms with van der Waals surface area (Å²) in [6.07, 6.45) is 12.5. The fraction of sp³-hybridized carbons (Fsp3) is 0.875. The molecule has 1 fully saturated rings. The molecule has 104 valence electrons. The molecule has 0 aromatic carbocycles. The van der Waals surface area contributed by atoms with Gasteiger partial charge < -0.3 is 5.32 Å². The Kier molecular flexibility index (Phi) is 6.75. The van der Waals surface area contributed by atoms with Crippen molar-refractivity contribution in [1.29, 1.82) is 0 Å². The molecular formula is C16H30N2. The lowest BCUT2D eigenvalue weighted by Gasteiger charge is -2.45. The van der Waals surface area contributed by atoms with Crippen molar-refractivity contribution >= 4 is 0 Å². The van der Waals surface area contributed by atoms with Crippen LogP contribution in [0.2, 0.25) is 0 Å². The standard InChI is InChI=1S/C16H30N2/c1-5-8-11-15(17-12-6-2)16(4,7-3)18-13-9-10-14-18/h1,15,17H,6-14H2,2-4H3. The first kappa shape index (κ1) is 15.5. The van der Waals surface area contributed by atoms with Crippen LogP contribution >= 0.6 is 0 Å². The van der Waals surface area contributed by atoms with Gasteiger partial charge in [-0.2, -0.15) is 0 Å². The monoisotopic (exact) mass is 250 g/mol. The van der Waals surface area contributed by atoms with Gasteiger partial charge in [-0.25, -0.2) is 0 Å². The van der Waals surface area contributed by atoms with Crippen LogP contribution in [0.25, 0.3) is 0 Å². The van der Waals surface area contributed by atoms with Crippen LogP contribution in [0.15, 0.2) is 0 Å². The molecule has 1 rings (SSSR count). The average Bonchev–Trinajstić information content (AvgIpc) is 2.92. The molecule has 1 heterocycles. The topological polar surface area (TPSA) is 15.3 Å². The lowest BCUT2D eigenvalue weighted by Crippen LogP contribution is -2.58. The molecular weight excluding hydrogens is 220 g/mol. The summed E-state index contributed by atoms with van der Waals surface area (Å²) in [5, 5.41) is 3.74. The number of nitrogens with zero attached hydrogens (tertiary/aromatic N) is 1. The van der Waals surface area contributed by atoms with Crippen LogP contribution in [0.5, 0.6) is 0 Å². The van der Waals surface area contributed by atoms with Crippen LogP contribution in [0.3, 0.4) is 0 Å². The number of likely N-dealkylation sites (tertiary alicyclic amines) is 1. The van der Waals surface area contributed by atoms with Crippen molar-refractivity contribution < 1.29 is 0 Å². The Labute approximate surface area is 114 Å². The van der Waals surface area contributed by atoms with Gasteiger partial charge in [0.2, 0.25) is 0 Å². The molecule has 1 N–H and O–H groups in total. The Morgan fingerprint density at radius 3 is 2.50 bits per heavy atom. The van der Waals surface area contributed by atoms with Crippen molar-refractivity contribution in [3.63, 3.8) is 0 Å². The van der Waals surface area contributed by atoms with E-state index >= 15 is 0 Å². The molecule has 0 bridgehead atoms. The van der Waals surface area contributed by atoms with Gasteiger partial charge in [0.15, 0.2) is 0 Å². The fourth-order valence-corrected chi connectivity index (χ4v) is 3.10. The molecule has 0 aliphatic carbocycles. The minimum Gasteiger partial charge on any atom is -0.312 e. The van der Waals surface area contributed by atoms with Gasteiger partial charge in [-0.15, -0.1) is 12.3 Å². The van der Waals surface area contributed by atoms with E-state index in [9.17, 15) is 0 Å². The number of hydrogen-bond donors (Lipinski definition) is 1. The predicted octanol–water partition coefficient (Wildman–Crippen LogP) is 3.03. The van der Waals surface area contributed by atoms with Crippen LogP contribution in [-0.2, 0) is 0 Å². The molecule has 18 heavy (non-hydrogen) atoms. The molecule has 2 atom stereocenters. The second-order valence-electron chi connectivity index (χ2n) is 5.65. The normalized spacial score (nSPS) is 21.4. The molecule has 2 unspecified atom stereocenters. The van der Waals surface area contributed by atoms with Crippen molar-refractivity contribution in [3.8, 4) is 12.3 Å². The van der Waals surface area contributed by atoms with Crippen LogP contribution < -0.4 is 5.32 Å². The summed E-state index contributed by atoms with van der Waals surface area (Å²) >= 11 is 0. The number of rotatable bonds is 8. The van der Waals surface area contributed by atoms with Crippen LogP contribution in [-0.4, -0.2) is 36.1 Å². The Balaban J connectivity index is 2.72. The molecule has 0 saturated carbocycles. The third-order valence-electron chi connectivity index (χ3n) is 4.51. The second kappa shape index (κ2) is 7.81. The van der Waals surface area contributed by atoms with E-state index in [4.69, 9.17) is 6.42 Å². The Hall–Kier alpha value is -0.520. The van der Waals surface area contributed by atoms with E-state index in [2.05, 4.69) is 36.9 Å². The predicted molar refractivity (Wildman–Crippen MR) is 79.7 cm³/mol. The summed E-state index contributed by atoms with van der Waals surface area (Å²) in [5.41, 5.74) is 0.266. The first-order valence-corrected chi connectivity index (χ1v) is 7.61. The van der Waals surface area contributed by atoms with E-state index in [-0.39, 0.29) is 5.54 Å². The smallest absolute Gasteiger partial charge is 0.0332 e. The minimum atomic E-state index is 0.266. The maximum atomic E-state index is 5.45. The van der Waals surface area contributed by atoms with Crippen molar-refractivity contribution in [2.75, 3.05) is 19.6 Å². The molecule has 1 saturated heterocycles. The average molecular weight is 250 g/mol. The highest BCUT2D eigenvalue weighted by Crippen LogP contribution is 2.30. The largest absolute Gasteiger partial charge is 0.312 e. The van der Waals surface area contributed by atoms with Gasteiger partial charge in [0.05, 0.1) is 0 Å². The fourth-order valence-electron chi connectivity index (χ4n) is 3.10. The van der Waals surface area contributed by atoms with Gasteiger partial charge in [-0.3, -0.25) is 4.90 Å². The van der Waals surface area contributed by atoms with Crippen LogP contribution in [0, 0.1) is 12.3 Å². The van der Waals surface area contributed by atoms with Crippen molar-refractivity contribution in [3.05, 3.63) is 0 Å². The first-order valence-electron chi connectivity index (χ1n) is 7.61. The molecule has 0 aromatic rings. The zero-order valence-corrected chi connectivity index (χ0v) is 12.5. The van der Waals surface area contributed by atoms with Crippen LogP contribution in [0.4, 0.5) is 0 Å². The first-order chi connectivity index (χ1) is 8.69. The number of hydrogen-bond acceptors (Lipinski definition) is 2. The summed E-state index contributed by atoms with van der Waals surface area (Å²) in [7, 11) is 0. The van der Waals surface area contributed by atoms with E-state index in [1.165, 1.54) is 38.8 Å². The van der Waals surface area contributed by atoms with Gasteiger partial charge in [0, 0.05) is 18.0 Å². The van der Waals surface area contributed by atoms with Crippen molar-refractivity contribution in [2.24, 2.45) is 0 Å². The van der Waals surface area contributed by atoms with Crippen molar-refractivity contribution in [2.45, 2.75) is 70.9 Å².